The van der Waals surface area contributed by atoms with Crippen LogP contribution in [0.2, 0.25) is 0 Å². The van der Waals surface area contributed by atoms with E-state index in [4.69, 9.17) is 22.8 Å². The molecule has 1 rings (SSSR count). The van der Waals surface area contributed by atoms with E-state index in [0.29, 0.717) is 26.4 Å². The largest absolute Gasteiger partial charge is 0.533 e. The van der Waals surface area contributed by atoms with Gasteiger partial charge in [0.25, 0.3) is 0 Å². The SMILES string of the molecule is CCO[Si](/C=C(\C)OCC1CO1)(OCC)OCC. The van der Waals surface area contributed by atoms with Crippen molar-refractivity contribution in [2.24, 2.45) is 0 Å². The molecule has 6 heteroatoms. The fraction of sp³-hybridized carbons (Fsp3) is 0.833. The van der Waals surface area contributed by atoms with Gasteiger partial charge < -0.3 is 22.8 Å². The third-order valence-corrected chi connectivity index (χ3v) is 5.15. The van der Waals surface area contributed by atoms with Gasteiger partial charge in [0.1, 0.15) is 12.7 Å². The highest BCUT2D eigenvalue weighted by Crippen LogP contribution is 2.17. The Morgan fingerprint density at radius 2 is 1.67 bits per heavy atom. The van der Waals surface area contributed by atoms with Crippen LogP contribution in [0.3, 0.4) is 0 Å². The van der Waals surface area contributed by atoms with Gasteiger partial charge in [-0.1, -0.05) is 0 Å². The molecule has 0 aromatic carbocycles. The fourth-order valence-electron chi connectivity index (χ4n) is 1.53. The zero-order valence-corrected chi connectivity index (χ0v) is 12.7. The Bertz CT molecular complexity index is 248. The van der Waals surface area contributed by atoms with Gasteiger partial charge in [0.15, 0.2) is 0 Å². The normalized spacial score (nSPS) is 20.0. The lowest BCUT2D eigenvalue weighted by atomic mass is 10.5. The van der Waals surface area contributed by atoms with Crippen LogP contribution in [0.1, 0.15) is 27.7 Å². The van der Waals surface area contributed by atoms with Gasteiger partial charge in [0.05, 0.1) is 12.4 Å². The van der Waals surface area contributed by atoms with E-state index >= 15 is 0 Å². The summed E-state index contributed by atoms with van der Waals surface area (Å²) in [5.74, 6) is 0.771. The molecular formula is C12H24O5Si. The molecule has 0 bridgehead atoms. The zero-order valence-electron chi connectivity index (χ0n) is 11.7. The molecular weight excluding hydrogens is 252 g/mol. The molecule has 1 saturated heterocycles. The number of epoxide rings is 1. The van der Waals surface area contributed by atoms with Crippen LogP contribution in [0.25, 0.3) is 0 Å². The predicted molar refractivity (Wildman–Crippen MR) is 70.1 cm³/mol. The first-order chi connectivity index (χ1) is 8.65. The standard InChI is InChI=1S/C12H24O5Si/c1-5-15-18(16-6-2,17-7-3)10-11(4)13-8-12-9-14-12/h10,12H,5-9H2,1-4H3/b11-10+. The van der Waals surface area contributed by atoms with Gasteiger partial charge in [0.2, 0.25) is 0 Å². The van der Waals surface area contributed by atoms with E-state index < -0.39 is 8.80 Å². The monoisotopic (exact) mass is 276 g/mol. The molecule has 1 aliphatic heterocycles. The first-order valence-corrected chi connectivity index (χ1v) is 8.31. The van der Waals surface area contributed by atoms with Crippen LogP contribution in [0, 0.1) is 0 Å². The van der Waals surface area contributed by atoms with Crippen molar-refractivity contribution >= 4 is 8.80 Å². The summed E-state index contributed by atoms with van der Waals surface area (Å²) in [6, 6.07) is 0. The Kier molecular flexibility index (Phi) is 6.88. The molecule has 106 valence electrons. The summed E-state index contributed by atoms with van der Waals surface area (Å²) in [6.07, 6.45) is 0.246. The third-order valence-electron chi connectivity index (χ3n) is 2.32. The average molecular weight is 276 g/mol. The first kappa shape index (κ1) is 15.7. The molecule has 0 saturated carbocycles. The van der Waals surface area contributed by atoms with Gasteiger partial charge in [-0.2, -0.15) is 0 Å². The molecule has 0 N–H and O–H groups in total. The number of hydrogen-bond acceptors (Lipinski definition) is 5. The molecule has 1 unspecified atom stereocenters. The van der Waals surface area contributed by atoms with E-state index in [0.717, 1.165) is 12.4 Å². The second-order valence-corrected chi connectivity index (χ2v) is 6.29. The van der Waals surface area contributed by atoms with E-state index in [9.17, 15) is 0 Å². The van der Waals surface area contributed by atoms with Crippen LogP contribution in [0.4, 0.5) is 0 Å². The van der Waals surface area contributed by atoms with Gasteiger partial charge in [-0.3, -0.25) is 0 Å². The maximum absolute atomic E-state index is 5.71. The highest BCUT2D eigenvalue weighted by Gasteiger charge is 2.39. The summed E-state index contributed by atoms with van der Waals surface area (Å²) in [6.45, 7) is 10.7. The van der Waals surface area contributed by atoms with Crippen LogP contribution < -0.4 is 0 Å². The van der Waals surface area contributed by atoms with Gasteiger partial charge in [0, 0.05) is 25.5 Å². The summed E-state index contributed by atoms with van der Waals surface area (Å²) in [7, 11) is -2.74. The van der Waals surface area contributed by atoms with Crippen molar-refractivity contribution in [3.05, 3.63) is 11.5 Å². The Labute approximate surface area is 110 Å². The van der Waals surface area contributed by atoms with Gasteiger partial charge in [-0.15, -0.1) is 0 Å². The third kappa shape index (κ3) is 5.49. The molecule has 1 atom stereocenters. The van der Waals surface area contributed by atoms with Crippen LogP contribution in [0.5, 0.6) is 0 Å². The Balaban J connectivity index is 2.61. The molecule has 1 fully saturated rings. The van der Waals surface area contributed by atoms with Crippen LogP contribution in [0.15, 0.2) is 11.5 Å². The van der Waals surface area contributed by atoms with Gasteiger partial charge in [-0.05, 0) is 27.7 Å². The molecule has 0 aliphatic carbocycles. The number of allylic oxidation sites excluding steroid dienone is 1. The zero-order chi connectivity index (χ0) is 13.4. The topological polar surface area (TPSA) is 49.5 Å². The minimum absolute atomic E-state index is 0.246. The van der Waals surface area contributed by atoms with Crippen LogP contribution in [-0.4, -0.2) is 47.9 Å². The first-order valence-electron chi connectivity index (χ1n) is 6.51. The Hall–Kier alpha value is -0.403. The van der Waals surface area contributed by atoms with Crippen molar-refractivity contribution in [3.63, 3.8) is 0 Å². The van der Waals surface area contributed by atoms with Crippen molar-refractivity contribution < 1.29 is 22.8 Å². The van der Waals surface area contributed by atoms with Crippen molar-refractivity contribution in [3.8, 4) is 0 Å². The van der Waals surface area contributed by atoms with Crippen molar-refractivity contribution in [2.75, 3.05) is 33.0 Å². The molecule has 1 aliphatic rings. The summed E-state index contributed by atoms with van der Waals surface area (Å²) in [5.41, 5.74) is 1.87. The van der Waals surface area contributed by atoms with E-state index in [1.807, 2.05) is 33.4 Å². The van der Waals surface area contributed by atoms with Crippen molar-refractivity contribution in [1.82, 2.24) is 0 Å². The van der Waals surface area contributed by atoms with E-state index in [2.05, 4.69) is 0 Å². The van der Waals surface area contributed by atoms with Crippen molar-refractivity contribution in [2.45, 2.75) is 33.8 Å². The van der Waals surface area contributed by atoms with E-state index in [1.54, 1.807) is 0 Å². The second kappa shape index (κ2) is 7.91. The lowest BCUT2D eigenvalue weighted by molar-refractivity contribution is 0.0820. The fourth-order valence-corrected chi connectivity index (χ4v) is 3.82. The molecule has 0 spiro atoms. The molecule has 0 aromatic heterocycles. The molecule has 18 heavy (non-hydrogen) atoms. The minimum atomic E-state index is -2.74. The Morgan fingerprint density at radius 3 is 2.06 bits per heavy atom. The summed E-state index contributed by atoms with van der Waals surface area (Å²) >= 11 is 0. The highest BCUT2D eigenvalue weighted by atomic mass is 28.4. The van der Waals surface area contributed by atoms with Crippen molar-refractivity contribution in [1.29, 1.82) is 0 Å². The van der Waals surface area contributed by atoms with E-state index in [-0.39, 0.29) is 6.10 Å². The lowest BCUT2D eigenvalue weighted by Crippen LogP contribution is -2.45. The minimum Gasteiger partial charge on any atom is -0.496 e. The lowest BCUT2D eigenvalue weighted by Gasteiger charge is -2.25. The molecule has 0 aromatic rings. The average Bonchev–Trinajstić information content (AvgIpc) is 3.11. The smallest absolute Gasteiger partial charge is 0.496 e. The summed E-state index contributed by atoms with van der Waals surface area (Å²) in [5, 5.41) is 0. The van der Waals surface area contributed by atoms with E-state index in [1.165, 1.54) is 0 Å². The van der Waals surface area contributed by atoms with Crippen LogP contribution in [-0.2, 0) is 22.8 Å². The number of ether oxygens (including phenoxy) is 2. The second-order valence-electron chi connectivity index (χ2n) is 3.92. The number of rotatable bonds is 10. The maximum Gasteiger partial charge on any atom is 0.533 e. The van der Waals surface area contributed by atoms with Gasteiger partial charge >= 0.3 is 8.80 Å². The summed E-state index contributed by atoms with van der Waals surface area (Å²) in [4.78, 5) is 0. The predicted octanol–water partition coefficient (Wildman–Crippen LogP) is 1.89. The van der Waals surface area contributed by atoms with Gasteiger partial charge in [-0.25, -0.2) is 0 Å². The number of hydrogen-bond donors (Lipinski definition) is 0. The molecule has 5 nitrogen and oxygen atoms in total. The quantitative estimate of drug-likeness (QED) is 0.346. The molecule has 0 amide bonds. The van der Waals surface area contributed by atoms with Crippen LogP contribution >= 0.6 is 0 Å². The molecule has 0 radical (unpaired) electrons. The maximum atomic E-state index is 5.71. The highest BCUT2D eigenvalue weighted by molar-refractivity contribution is 6.66. The Morgan fingerprint density at radius 1 is 1.17 bits per heavy atom. The molecule has 1 heterocycles. The summed E-state index contributed by atoms with van der Waals surface area (Å²) < 4.78 is 27.8.